The Morgan fingerprint density at radius 2 is 1.89 bits per heavy atom. The lowest BCUT2D eigenvalue weighted by Crippen LogP contribution is -2.22. The maximum absolute atomic E-state index is 12.6. The standard InChI is InChI=1S/C23H28N7O4P/c1-24-23(32)20-17(11-18(27-28-20)26-22(31)13-9-10-13)25-15-8-6-7-14(21(15)34-3)16-12-19(30(2)29-16)35(4,5)33/h6-8,11-13H,9-10H2,1-5H3,(H,24,32)(H2,25,26,27,31). The van der Waals surface area contributed by atoms with Gasteiger partial charge in [-0.05, 0) is 44.4 Å². The van der Waals surface area contributed by atoms with Crippen LogP contribution in [-0.4, -0.2) is 59.3 Å². The summed E-state index contributed by atoms with van der Waals surface area (Å²) in [6.07, 6.45) is 1.71. The van der Waals surface area contributed by atoms with Crippen molar-refractivity contribution in [3.05, 3.63) is 36.0 Å². The van der Waals surface area contributed by atoms with Crippen molar-refractivity contribution in [1.29, 1.82) is 0 Å². The molecule has 0 saturated heterocycles. The molecular weight excluding hydrogens is 469 g/mol. The van der Waals surface area contributed by atoms with Crippen LogP contribution in [-0.2, 0) is 16.4 Å². The van der Waals surface area contributed by atoms with Crippen LogP contribution in [0, 0.1) is 5.92 Å². The van der Waals surface area contributed by atoms with Crippen molar-refractivity contribution < 1.29 is 18.9 Å². The van der Waals surface area contributed by atoms with Crippen molar-refractivity contribution in [2.45, 2.75) is 12.8 Å². The Morgan fingerprint density at radius 1 is 1.14 bits per heavy atom. The quantitative estimate of drug-likeness (QED) is 0.404. The number of carbonyl (C=O) groups excluding carboxylic acids is 2. The zero-order valence-corrected chi connectivity index (χ0v) is 21.1. The van der Waals surface area contributed by atoms with Gasteiger partial charge in [-0.3, -0.25) is 14.3 Å². The van der Waals surface area contributed by atoms with Crippen molar-refractivity contribution >= 4 is 41.6 Å². The summed E-state index contributed by atoms with van der Waals surface area (Å²) in [4.78, 5) is 24.6. The Hall–Kier alpha value is -3.72. The van der Waals surface area contributed by atoms with Gasteiger partial charge in [0, 0.05) is 31.6 Å². The van der Waals surface area contributed by atoms with E-state index in [0.29, 0.717) is 33.8 Å². The second-order valence-corrected chi connectivity index (χ2v) is 11.9. The van der Waals surface area contributed by atoms with E-state index in [0.717, 1.165) is 12.8 Å². The first-order chi connectivity index (χ1) is 16.6. The number of amides is 2. The van der Waals surface area contributed by atoms with Gasteiger partial charge in [0.2, 0.25) is 5.91 Å². The van der Waals surface area contributed by atoms with Crippen molar-refractivity contribution in [2.24, 2.45) is 13.0 Å². The second-order valence-electron chi connectivity index (χ2n) is 8.71. The molecule has 1 saturated carbocycles. The number of para-hydroxylation sites is 1. The molecule has 0 unspecified atom stereocenters. The third-order valence-electron chi connectivity index (χ3n) is 5.61. The highest BCUT2D eigenvalue weighted by Gasteiger charge is 2.30. The van der Waals surface area contributed by atoms with Crippen molar-refractivity contribution in [3.63, 3.8) is 0 Å². The molecule has 3 N–H and O–H groups in total. The minimum absolute atomic E-state index is 0.00610. The van der Waals surface area contributed by atoms with Gasteiger partial charge in [0.15, 0.2) is 17.3 Å². The van der Waals surface area contributed by atoms with Crippen LogP contribution in [0.1, 0.15) is 23.3 Å². The molecule has 1 aliphatic carbocycles. The Kier molecular flexibility index (Phi) is 6.62. The van der Waals surface area contributed by atoms with Crippen LogP contribution in [0.5, 0.6) is 5.75 Å². The van der Waals surface area contributed by atoms with Crippen LogP contribution in [0.4, 0.5) is 17.2 Å². The summed E-state index contributed by atoms with van der Waals surface area (Å²) in [5.74, 6) is 0.151. The highest BCUT2D eigenvalue weighted by atomic mass is 31.2. The monoisotopic (exact) mass is 497 g/mol. The number of nitrogens with one attached hydrogen (secondary N) is 3. The number of nitrogens with zero attached hydrogens (tertiary/aromatic N) is 4. The molecular formula is C23H28N7O4P. The summed E-state index contributed by atoms with van der Waals surface area (Å²) in [5, 5.41) is 21.0. The van der Waals surface area contributed by atoms with E-state index >= 15 is 0 Å². The van der Waals surface area contributed by atoms with Gasteiger partial charge in [-0.1, -0.05) is 6.07 Å². The fourth-order valence-electron chi connectivity index (χ4n) is 3.70. The van der Waals surface area contributed by atoms with E-state index in [1.54, 1.807) is 43.3 Å². The van der Waals surface area contributed by atoms with E-state index in [2.05, 4.69) is 31.2 Å². The maximum Gasteiger partial charge on any atom is 0.273 e. The fourth-order valence-corrected chi connectivity index (χ4v) is 4.88. The summed E-state index contributed by atoms with van der Waals surface area (Å²) >= 11 is 0. The summed E-state index contributed by atoms with van der Waals surface area (Å²) in [6, 6.07) is 8.80. The number of aromatic nitrogens is 4. The van der Waals surface area contributed by atoms with Crippen molar-refractivity contribution in [2.75, 3.05) is 38.1 Å². The molecule has 1 aliphatic rings. The highest BCUT2D eigenvalue weighted by Crippen LogP contribution is 2.40. The number of hydrogen-bond acceptors (Lipinski definition) is 8. The zero-order valence-electron chi connectivity index (χ0n) is 20.2. The third-order valence-corrected chi connectivity index (χ3v) is 7.13. The van der Waals surface area contributed by atoms with Crippen LogP contribution in [0.25, 0.3) is 11.3 Å². The molecule has 2 heterocycles. The number of benzene rings is 1. The van der Waals surface area contributed by atoms with Crippen molar-refractivity contribution in [3.8, 4) is 17.0 Å². The smallest absolute Gasteiger partial charge is 0.273 e. The zero-order chi connectivity index (χ0) is 25.3. The van der Waals surface area contributed by atoms with Gasteiger partial charge in [0.05, 0.1) is 29.6 Å². The summed E-state index contributed by atoms with van der Waals surface area (Å²) in [6.45, 7) is 3.39. The lowest BCUT2D eigenvalue weighted by Gasteiger charge is -2.16. The summed E-state index contributed by atoms with van der Waals surface area (Å²) in [7, 11) is 2.24. The van der Waals surface area contributed by atoms with E-state index in [1.165, 1.54) is 14.2 Å². The molecule has 0 aliphatic heterocycles. The Morgan fingerprint density at radius 3 is 2.49 bits per heavy atom. The largest absolute Gasteiger partial charge is 0.494 e. The third kappa shape index (κ3) is 5.19. The van der Waals surface area contributed by atoms with Crippen LogP contribution in [0.3, 0.4) is 0 Å². The molecule has 2 amide bonds. The Balaban J connectivity index is 1.74. The average Bonchev–Trinajstić information content (AvgIpc) is 3.59. The number of hydrogen-bond donors (Lipinski definition) is 3. The molecule has 0 spiro atoms. The first kappa shape index (κ1) is 24.4. The molecule has 3 aromatic rings. The van der Waals surface area contributed by atoms with E-state index < -0.39 is 13.0 Å². The van der Waals surface area contributed by atoms with Gasteiger partial charge in [-0.25, -0.2) is 0 Å². The van der Waals surface area contributed by atoms with Gasteiger partial charge in [0.25, 0.3) is 5.91 Å². The summed E-state index contributed by atoms with van der Waals surface area (Å²) < 4.78 is 20.0. The molecule has 184 valence electrons. The van der Waals surface area contributed by atoms with Crippen molar-refractivity contribution in [1.82, 2.24) is 25.3 Å². The number of anilines is 3. The topological polar surface area (TPSA) is 140 Å². The molecule has 2 aromatic heterocycles. The lowest BCUT2D eigenvalue weighted by atomic mass is 10.1. The van der Waals surface area contributed by atoms with Crippen LogP contribution in [0.2, 0.25) is 0 Å². The predicted octanol–water partition coefficient (Wildman–Crippen LogP) is 2.59. The average molecular weight is 497 g/mol. The normalized spacial score (nSPS) is 13.3. The predicted molar refractivity (Wildman–Crippen MR) is 134 cm³/mol. The second kappa shape index (κ2) is 9.50. The number of methoxy groups -OCH3 is 1. The Labute approximate surface area is 203 Å². The van der Waals surface area contributed by atoms with Gasteiger partial charge in [0.1, 0.15) is 7.14 Å². The minimum Gasteiger partial charge on any atom is -0.494 e. The van der Waals surface area contributed by atoms with E-state index in [-0.39, 0.29) is 23.3 Å². The fraction of sp³-hybridized carbons (Fsp3) is 0.348. The van der Waals surface area contributed by atoms with Gasteiger partial charge < -0.3 is 25.3 Å². The molecule has 0 radical (unpaired) electrons. The molecule has 11 nitrogen and oxygen atoms in total. The summed E-state index contributed by atoms with van der Waals surface area (Å²) in [5.41, 5.74) is 2.87. The Bertz CT molecular complexity index is 1340. The molecule has 35 heavy (non-hydrogen) atoms. The molecule has 4 rings (SSSR count). The van der Waals surface area contributed by atoms with Crippen LogP contribution < -0.4 is 26.1 Å². The minimum atomic E-state index is -2.54. The molecule has 1 aromatic carbocycles. The van der Waals surface area contributed by atoms with E-state index in [1.807, 2.05) is 12.1 Å². The highest BCUT2D eigenvalue weighted by molar-refractivity contribution is 7.69. The molecule has 0 atom stereocenters. The molecule has 1 fully saturated rings. The van der Waals surface area contributed by atoms with E-state index in [9.17, 15) is 14.2 Å². The molecule has 12 heteroatoms. The number of ether oxygens (including phenoxy) is 1. The van der Waals surface area contributed by atoms with E-state index in [4.69, 9.17) is 4.74 Å². The van der Waals surface area contributed by atoms with Crippen LogP contribution >= 0.6 is 7.14 Å². The number of carbonyl (C=O) groups is 2. The maximum atomic E-state index is 12.6. The number of rotatable bonds is 8. The lowest BCUT2D eigenvalue weighted by molar-refractivity contribution is -0.117. The first-order valence-electron chi connectivity index (χ1n) is 11.1. The van der Waals surface area contributed by atoms with Gasteiger partial charge >= 0.3 is 0 Å². The first-order valence-corrected chi connectivity index (χ1v) is 13.7. The van der Waals surface area contributed by atoms with Crippen LogP contribution in [0.15, 0.2) is 30.3 Å². The van der Waals surface area contributed by atoms with Gasteiger partial charge in [-0.2, -0.15) is 5.10 Å². The molecule has 0 bridgehead atoms. The number of aryl methyl sites for hydroxylation is 1. The SMILES string of the molecule is CNC(=O)c1nnc(NC(=O)C2CC2)cc1Nc1cccc(-c2cc(P(C)(C)=O)n(C)n2)c1OC. The van der Waals surface area contributed by atoms with Gasteiger partial charge in [-0.15, -0.1) is 10.2 Å².